The van der Waals surface area contributed by atoms with Crippen LogP contribution in [0.3, 0.4) is 0 Å². The Morgan fingerprint density at radius 2 is 0.520 bits per heavy atom. The molecule has 0 aliphatic rings. The van der Waals surface area contributed by atoms with E-state index in [0.717, 1.165) is 89.9 Å². The van der Waals surface area contributed by atoms with Crippen LogP contribution >= 0.6 is 0 Å². The smallest absolute Gasteiger partial charge is 0.306 e. The van der Waals surface area contributed by atoms with E-state index >= 15 is 0 Å². The number of allylic oxidation sites excluding steroid dienone is 12. The second kappa shape index (κ2) is 63.4. The summed E-state index contributed by atoms with van der Waals surface area (Å²) >= 11 is 0. The lowest BCUT2D eigenvalue weighted by Crippen LogP contribution is -2.30. The number of hydrogen-bond donors (Lipinski definition) is 0. The lowest BCUT2D eigenvalue weighted by atomic mass is 10.0. The molecule has 1 unspecified atom stereocenters. The van der Waals surface area contributed by atoms with Crippen molar-refractivity contribution in [3.8, 4) is 0 Å². The number of ether oxygens (including phenoxy) is 3. The first kappa shape index (κ1) is 71.8. The van der Waals surface area contributed by atoms with E-state index in [1.165, 1.54) is 199 Å². The average Bonchev–Trinajstić information content (AvgIpc) is 3.41. The minimum Gasteiger partial charge on any atom is -0.462 e. The van der Waals surface area contributed by atoms with E-state index in [0.29, 0.717) is 19.3 Å². The van der Waals surface area contributed by atoms with Gasteiger partial charge in [0.15, 0.2) is 6.10 Å². The Balaban J connectivity index is 4.35. The van der Waals surface area contributed by atoms with Gasteiger partial charge in [-0.15, -0.1) is 0 Å². The van der Waals surface area contributed by atoms with Crippen LogP contribution < -0.4 is 0 Å². The predicted molar refractivity (Wildman–Crippen MR) is 325 cm³/mol. The minimum absolute atomic E-state index is 0.0792. The number of carbonyl (C=O) groups is 3. The molecule has 0 aliphatic carbocycles. The molecule has 1 atom stereocenters. The first-order valence-electron chi connectivity index (χ1n) is 32.4. The zero-order valence-electron chi connectivity index (χ0n) is 49.8. The molecule has 434 valence electrons. The van der Waals surface area contributed by atoms with Crippen molar-refractivity contribution in [1.29, 1.82) is 0 Å². The molecule has 0 saturated heterocycles. The van der Waals surface area contributed by atoms with Crippen LogP contribution in [0.4, 0.5) is 0 Å². The number of esters is 3. The standard InChI is InChI=1S/C69H122O6/c1-4-7-10-13-16-19-22-25-28-30-32-33-34-35-37-38-41-44-47-50-53-56-59-62-68(71)74-65-66(64-73-67(70)61-58-55-52-49-46-43-40-27-24-21-18-15-12-9-6-3)75-69(72)63-60-57-54-51-48-45-42-39-36-31-29-26-23-20-17-14-11-8-5-2/h7,10,16,19,25-29,32-33,40,66H,4-6,8-9,11-15,17-18,20-24,30-31,34-39,41-65H2,1-3H3/b10-7-,19-16-,28-25-,29-26-,33-32-,40-27-. The summed E-state index contributed by atoms with van der Waals surface area (Å²) in [6.45, 7) is 6.55. The summed E-state index contributed by atoms with van der Waals surface area (Å²) in [5.74, 6) is -0.878. The van der Waals surface area contributed by atoms with E-state index in [-0.39, 0.29) is 31.1 Å². The Morgan fingerprint density at radius 3 is 0.827 bits per heavy atom. The van der Waals surface area contributed by atoms with Crippen molar-refractivity contribution in [2.24, 2.45) is 0 Å². The van der Waals surface area contributed by atoms with Crippen LogP contribution in [0.25, 0.3) is 0 Å². The molecule has 0 aliphatic heterocycles. The molecule has 0 bridgehead atoms. The van der Waals surface area contributed by atoms with Gasteiger partial charge in [0.1, 0.15) is 13.2 Å². The molecule has 0 aromatic rings. The minimum atomic E-state index is -0.782. The Bertz CT molecular complexity index is 1390. The third-order valence-electron chi connectivity index (χ3n) is 14.2. The topological polar surface area (TPSA) is 78.9 Å². The molecule has 0 aromatic carbocycles. The molecule has 75 heavy (non-hydrogen) atoms. The molecule has 0 rings (SSSR count). The molecule has 6 nitrogen and oxygen atoms in total. The zero-order valence-corrected chi connectivity index (χ0v) is 49.8. The van der Waals surface area contributed by atoms with Gasteiger partial charge in [-0.2, -0.15) is 0 Å². The van der Waals surface area contributed by atoms with Gasteiger partial charge in [-0.1, -0.05) is 273 Å². The molecule has 0 N–H and O–H groups in total. The summed E-state index contributed by atoms with van der Waals surface area (Å²) < 4.78 is 16.9. The van der Waals surface area contributed by atoms with Crippen LogP contribution in [0.2, 0.25) is 0 Å². The molecule has 0 amide bonds. The summed E-state index contributed by atoms with van der Waals surface area (Å²) in [4.78, 5) is 38.3. The number of rotatable bonds is 59. The SMILES string of the molecule is CC/C=C\C/C=C\C/C=C\C/C=C\CCCCCCCCCCCCC(=O)OCC(COC(=O)CCCCCCC/C=C\CCCCCCCC)OC(=O)CCCCCCCCCCC/C=C\CCCCCCCC. The predicted octanol–water partition coefficient (Wildman–Crippen LogP) is 22.1. The van der Waals surface area contributed by atoms with Gasteiger partial charge in [0.05, 0.1) is 0 Å². The lowest BCUT2D eigenvalue weighted by Gasteiger charge is -2.18. The van der Waals surface area contributed by atoms with Crippen molar-refractivity contribution in [2.45, 2.75) is 335 Å². The van der Waals surface area contributed by atoms with E-state index in [4.69, 9.17) is 14.2 Å². The van der Waals surface area contributed by atoms with E-state index in [9.17, 15) is 14.4 Å². The monoisotopic (exact) mass is 1050 g/mol. The Morgan fingerprint density at radius 1 is 0.280 bits per heavy atom. The Labute approximate surface area is 465 Å². The first-order valence-corrected chi connectivity index (χ1v) is 32.4. The van der Waals surface area contributed by atoms with Crippen LogP contribution in [-0.2, 0) is 28.6 Å². The van der Waals surface area contributed by atoms with Crippen molar-refractivity contribution < 1.29 is 28.6 Å². The first-order chi connectivity index (χ1) is 37.0. The van der Waals surface area contributed by atoms with Gasteiger partial charge in [-0.25, -0.2) is 0 Å². The van der Waals surface area contributed by atoms with E-state index < -0.39 is 6.10 Å². The fourth-order valence-electron chi connectivity index (χ4n) is 9.31. The highest BCUT2D eigenvalue weighted by Crippen LogP contribution is 2.16. The van der Waals surface area contributed by atoms with Crippen LogP contribution in [0, 0.1) is 0 Å². The van der Waals surface area contributed by atoms with Crippen LogP contribution in [0.1, 0.15) is 329 Å². The molecular weight excluding hydrogens is 925 g/mol. The quantitative estimate of drug-likeness (QED) is 0.0261. The second-order valence-corrected chi connectivity index (χ2v) is 21.6. The van der Waals surface area contributed by atoms with Crippen molar-refractivity contribution in [3.63, 3.8) is 0 Å². The maximum absolute atomic E-state index is 12.9. The van der Waals surface area contributed by atoms with Crippen LogP contribution in [-0.4, -0.2) is 37.2 Å². The molecule has 0 spiro atoms. The van der Waals surface area contributed by atoms with Gasteiger partial charge < -0.3 is 14.2 Å². The van der Waals surface area contributed by atoms with Gasteiger partial charge in [-0.05, 0) is 109 Å². The normalized spacial score (nSPS) is 12.5. The molecular formula is C69H122O6. The number of hydrogen-bond acceptors (Lipinski definition) is 6. The maximum atomic E-state index is 12.9. The molecule has 6 heteroatoms. The molecule has 0 aromatic heterocycles. The average molecular weight is 1050 g/mol. The number of unbranched alkanes of at least 4 members (excludes halogenated alkanes) is 36. The third-order valence-corrected chi connectivity index (χ3v) is 14.2. The summed E-state index contributed by atoms with van der Waals surface area (Å²) in [5.41, 5.74) is 0. The van der Waals surface area contributed by atoms with Crippen molar-refractivity contribution in [1.82, 2.24) is 0 Å². The van der Waals surface area contributed by atoms with Gasteiger partial charge in [-0.3, -0.25) is 14.4 Å². The van der Waals surface area contributed by atoms with Crippen molar-refractivity contribution >= 4 is 17.9 Å². The van der Waals surface area contributed by atoms with E-state index in [1.807, 2.05) is 0 Å². The molecule has 0 heterocycles. The van der Waals surface area contributed by atoms with Crippen LogP contribution in [0.15, 0.2) is 72.9 Å². The van der Waals surface area contributed by atoms with Crippen molar-refractivity contribution in [2.75, 3.05) is 13.2 Å². The molecule has 0 radical (unpaired) electrons. The van der Waals surface area contributed by atoms with E-state index in [2.05, 4.69) is 93.7 Å². The van der Waals surface area contributed by atoms with Gasteiger partial charge in [0.2, 0.25) is 0 Å². The largest absolute Gasteiger partial charge is 0.462 e. The molecule has 0 saturated carbocycles. The van der Waals surface area contributed by atoms with Crippen LogP contribution in [0.5, 0.6) is 0 Å². The lowest BCUT2D eigenvalue weighted by molar-refractivity contribution is -0.167. The highest BCUT2D eigenvalue weighted by molar-refractivity contribution is 5.71. The highest BCUT2D eigenvalue weighted by Gasteiger charge is 2.19. The maximum Gasteiger partial charge on any atom is 0.306 e. The van der Waals surface area contributed by atoms with Gasteiger partial charge in [0, 0.05) is 19.3 Å². The van der Waals surface area contributed by atoms with E-state index in [1.54, 1.807) is 0 Å². The van der Waals surface area contributed by atoms with Gasteiger partial charge in [0.25, 0.3) is 0 Å². The third kappa shape index (κ3) is 61.6. The van der Waals surface area contributed by atoms with Crippen molar-refractivity contribution in [3.05, 3.63) is 72.9 Å². The zero-order chi connectivity index (χ0) is 54.3. The summed E-state index contributed by atoms with van der Waals surface area (Å²) in [5, 5.41) is 0. The Hall–Kier alpha value is -3.15. The van der Waals surface area contributed by atoms with Gasteiger partial charge >= 0.3 is 17.9 Å². The number of carbonyl (C=O) groups excluding carboxylic acids is 3. The summed E-state index contributed by atoms with van der Waals surface area (Å²) in [6.07, 6.45) is 81.9. The highest BCUT2D eigenvalue weighted by atomic mass is 16.6. The molecule has 0 fully saturated rings. The fraction of sp³-hybridized carbons (Fsp3) is 0.783. The fourth-order valence-corrected chi connectivity index (χ4v) is 9.31. The summed E-state index contributed by atoms with van der Waals surface area (Å²) in [6, 6.07) is 0. The second-order valence-electron chi connectivity index (χ2n) is 21.6. The summed E-state index contributed by atoms with van der Waals surface area (Å²) in [7, 11) is 0. The Kier molecular flexibility index (Phi) is 60.7.